The van der Waals surface area contributed by atoms with Crippen LogP contribution in [0.15, 0.2) is 29.4 Å². The molecule has 1 aliphatic carbocycles. The van der Waals surface area contributed by atoms with E-state index in [2.05, 4.69) is 23.9 Å². The van der Waals surface area contributed by atoms with Gasteiger partial charge in [0.05, 0.1) is 5.69 Å². The highest BCUT2D eigenvalue weighted by molar-refractivity contribution is 6.54. The van der Waals surface area contributed by atoms with Gasteiger partial charge in [0.15, 0.2) is 5.71 Å². The van der Waals surface area contributed by atoms with Gasteiger partial charge in [0.2, 0.25) is 0 Å². The molecule has 2 fully saturated rings. The van der Waals surface area contributed by atoms with Gasteiger partial charge in [-0.1, -0.05) is 37.2 Å². The van der Waals surface area contributed by atoms with Crippen LogP contribution in [0.4, 0.5) is 5.69 Å². The van der Waals surface area contributed by atoms with Crippen LogP contribution in [0.25, 0.3) is 0 Å². The number of nitrogens with zero attached hydrogens (tertiary/aromatic N) is 3. The number of hydrogen-bond donors (Lipinski definition) is 1. The van der Waals surface area contributed by atoms with Crippen LogP contribution in [0, 0.1) is 11.8 Å². The van der Waals surface area contributed by atoms with Gasteiger partial charge in [-0.05, 0) is 56.4 Å². The maximum absolute atomic E-state index is 12.8. The van der Waals surface area contributed by atoms with Crippen LogP contribution in [0.3, 0.4) is 0 Å². The summed E-state index contributed by atoms with van der Waals surface area (Å²) in [4.78, 5) is 17.3. The molecule has 5 nitrogen and oxygen atoms in total. The summed E-state index contributed by atoms with van der Waals surface area (Å²) in [7, 11) is 0. The molecule has 1 amide bonds. The molecule has 1 saturated heterocycles. The van der Waals surface area contributed by atoms with E-state index in [1.807, 2.05) is 29.2 Å². The fourth-order valence-electron chi connectivity index (χ4n) is 5.32. The second kappa shape index (κ2) is 7.63. The summed E-state index contributed by atoms with van der Waals surface area (Å²) < 4.78 is 0. The van der Waals surface area contributed by atoms with Crippen LogP contribution < -0.4 is 4.90 Å². The molecular weight excluding hydrogens is 338 g/mol. The number of oxime groups is 1. The van der Waals surface area contributed by atoms with Crippen LogP contribution in [0.5, 0.6) is 0 Å². The van der Waals surface area contributed by atoms with Gasteiger partial charge in [0.1, 0.15) is 0 Å². The van der Waals surface area contributed by atoms with Crippen molar-refractivity contribution >= 4 is 17.3 Å². The third-order valence-electron chi connectivity index (χ3n) is 7.00. The van der Waals surface area contributed by atoms with E-state index < -0.39 is 0 Å². The molecule has 1 aromatic carbocycles. The zero-order valence-electron chi connectivity index (χ0n) is 16.5. The number of carbonyl (C=O) groups is 1. The monoisotopic (exact) mass is 369 g/mol. The lowest BCUT2D eigenvalue weighted by atomic mass is 9.79. The first-order valence-electron chi connectivity index (χ1n) is 10.5. The Kier molecular flexibility index (Phi) is 5.22. The fourth-order valence-corrected chi connectivity index (χ4v) is 5.32. The predicted octanol–water partition coefficient (Wildman–Crippen LogP) is 3.89. The van der Waals surface area contributed by atoms with Crippen LogP contribution in [-0.4, -0.2) is 46.9 Å². The summed E-state index contributed by atoms with van der Waals surface area (Å²) in [6.45, 7) is 6.81. The predicted molar refractivity (Wildman–Crippen MR) is 107 cm³/mol. The minimum atomic E-state index is -0.158. The lowest BCUT2D eigenvalue weighted by molar-refractivity contribution is -0.113. The third kappa shape index (κ3) is 3.38. The molecule has 0 spiro atoms. The van der Waals surface area contributed by atoms with Crippen molar-refractivity contribution in [3.05, 3.63) is 29.8 Å². The quantitative estimate of drug-likeness (QED) is 0.650. The molecule has 146 valence electrons. The number of para-hydroxylation sites is 1. The van der Waals surface area contributed by atoms with Crippen molar-refractivity contribution in [1.29, 1.82) is 0 Å². The van der Waals surface area contributed by atoms with Gasteiger partial charge in [-0.25, -0.2) is 0 Å². The zero-order valence-corrected chi connectivity index (χ0v) is 16.5. The van der Waals surface area contributed by atoms with Gasteiger partial charge in [-0.15, -0.1) is 0 Å². The standard InChI is InChI=1S/C22H31N3O2/c1-15(2)16-7-9-17(10-8-16)24-13-11-18(12-14-24)25-20-6-4-3-5-19(20)21(23-27)22(25)26/h3-6,15-18,27H,7-14H2,1-2H3/b23-21-/t16-,17+. The van der Waals surface area contributed by atoms with Crippen LogP contribution in [-0.2, 0) is 4.79 Å². The van der Waals surface area contributed by atoms with Crippen molar-refractivity contribution in [3.8, 4) is 0 Å². The molecule has 1 N–H and O–H groups in total. The number of hydrogen-bond acceptors (Lipinski definition) is 4. The smallest absolute Gasteiger partial charge is 0.281 e. The van der Waals surface area contributed by atoms with Crippen molar-refractivity contribution in [1.82, 2.24) is 4.90 Å². The Morgan fingerprint density at radius 1 is 1.00 bits per heavy atom. The molecule has 0 aromatic heterocycles. The Bertz CT molecular complexity index is 714. The van der Waals surface area contributed by atoms with Gasteiger partial charge < -0.3 is 15.0 Å². The van der Waals surface area contributed by atoms with Crippen molar-refractivity contribution in [2.24, 2.45) is 17.0 Å². The van der Waals surface area contributed by atoms with Crippen molar-refractivity contribution in [2.45, 2.75) is 64.5 Å². The zero-order chi connectivity index (χ0) is 19.0. The van der Waals surface area contributed by atoms with Crippen LogP contribution >= 0.6 is 0 Å². The van der Waals surface area contributed by atoms with Crippen molar-refractivity contribution in [3.63, 3.8) is 0 Å². The Hall–Kier alpha value is -1.88. The number of amides is 1. The number of piperidine rings is 1. The Morgan fingerprint density at radius 2 is 1.67 bits per heavy atom. The number of likely N-dealkylation sites (tertiary alicyclic amines) is 1. The first-order valence-corrected chi connectivity index (χ1v) is 10.5. The highest BCUT2D eigenvalue weighted by Gasteiger charge is 2.40. The Morgan fingerprint density at radius 3 is 2.30 bits per heavy atom. The average molecular weight is 370 g/mol. The first-order chi connectivity index (χ1) is 13.1. The normalized spacial score (nSPS) is 28.9. The minimum Gasteiger partial charge on any atom is -0.410 e. The molecular formula is C22H31N3O2. The highest BCUT2D eigenvalue weighted by atomic mass is 16.4. The molecule has 0 unspecified atom stereocenters. The lowest BCUT2D eigenvalue weighted by Crippen LogP contribution is -2.50. The maximum Gasteiger partial charge on any atom is 0.281 e. The molecule has 1 aromatic rings. The van der Waals surface area contributed by atoms with Crippen LogP contribution in [0.2, 0.25) is 0 Å². The van der Waals surface area contributed by atoms with Gasteiger partial charge in [-0.2, -0.15) is 0 Å². The van der Waals surface area contributed by atoms with Gasteiger partial charge in [0, 0.05) is 30.7 Å². The average Bonchev–Trinajstić information content (AvgIpc) is 2.99. The Labute approximate surface area is 162 Å². The first kappa shape index (κ1) is 18.5. The van der Waals surface area contributed by atoms with E-state index in [1.54, 1.807) is 0 Å². The molecule has 2 heterocycles. The van der Waals surface area contributed by atoms with E-state index in [9.17, 15) is 10.0 Å². The second-order valence-corrected chi connectivity index (χ2v) is 8.72. The maximum atomic E-state index is 12.8. The fraction of sp³-hybridized carbons (Fsp3) is 0.636. The summed E-state index contributed by atoms with van der Waals surface area (Å²) in [5.41, 5.74) is 1.82. The summed E-state index contributed by atoms with van der Waals surface area (Å²) in [5.74, 6) is 1.55. The Balaban J connectivity index is 1.40. The van der Waals surface area contributed by atoms with Crippen molar-refractivity contribution < 1.29 is 10.0 Å². The molecule has 3 aliphatic rings. The van der Waals surface area contributed by atoms with Crippen LogP contribution in [0.1, 0.15) is 57.9 Å². The molecule has 2 aliphatic heterocycles. The molecule has 0 radical (unpaired) electrons. The van der Waals surface area contributed by atoms with E-state index in [4.69, 9.17) is 0 Å². The number of rotatable bonds is 3. The second-order valence-electron chi connectivity index (χ2n) is 8.72. The largest absolute Gasteiger partial charge is 0.410 e. The molecule has 5 heteroatoms. The van der Waals surface area contributed by atoms with Gasteiger partial charge in [-0.3, -0.25) is 4.79 Å². The topological polar surface area (TPSA) is 56.1 Å². The molecule has 27 heavy (non-hydrogen) atoms. The molecule has 0 bridgehead atoms. The van der Waals surface area contributed by atoms with E-state index >= 15 is 0 Å². The summed E-state index contributed by atoms with van der Waals surface area (Å²) in [6.07, 6.45) is 7.33. The SMILES string of the molecule is CC(C)[C@H]1CC[C@@H](N2CCC(N3C(=O)/C(=N\O)c4ccccc43)CC2)CC1. The number of anilines is 1. The van der Waals surface area contributed by atoms with E-state index in [1.165, 1.54) is 25.7 Å². The van der Waals surface area contributed by atoms with E-state index in [-0.39, 0.29) is 17.7 Å². The van der Waals surface area contributed by atoms with Crippen molar-refractivity contribution in [2.75, 3.05) is 18.0 Å². The van der Waals surface area contributed by atoms with Gasteiger partial charge >= 0.3 is 0 Å². The molecule has 1 saturated carbocycles. The van der Waals surface area contributed by atoms with Gasteiger partial charge in [0.25, 0.3) is 5.91 Å². The number of benzene rings is 1. The lowest BCUT2D eigenvalue weighted by Gasteiger charge is -2.43. The number of carbonyl (C=O) groups excluding carboxylic acids is 1. The molecule has 4 rings (SSSR count). The minimum absolute atomic E-state index is 0.158. The summed E-state index contributed by atoms with van der Waals surface area (Å²) in [5, 5.41) is 12.6. The third-order valence-corrected chi connectivity index (χ3v) is 7.00. The molecule has 0 atom stereocenters. The number of fused-ring (bicyclic) bond motifs is 1. The van der Waals surface area contributed by atoms with E-state index in [0.29, 0.717) is 0 Å². The highest BCUT2D eigenvalue weighted by Crippen LogP contribution is 2.36. The summed E-state index contributed by atoms with van der Waals surface area (Å²) in [6, 6.07) is 8.58. The van der Waals surface area contributed by atoms with E-state index in [0.717, 1.165) is 55.1 Å². The summed E-state index contributed by atoms with van der Waals surface area (Å²) >= 11 is 0.